The van der Waals surface area contributed by atoms with Crippen molar-refractivity contribution >= 4 is 6.29 Å². The highest BCUT2D eigenvalue weighted by Crippen LogP contribution is 1.95. The summed E-state index contributed by atoms with van der Waals surface area (Å²) in [5.74, 6) is 0. The van der Waals surface area contributed by atoms with Gasteiger partial charge in [-0.1, -0.05) is 25.3 Å². The van der Waals surface area contributed by atoms with Gasteiger partial charge in [0.1, 0.15) is 0 Å². The van der Waals surface area contributed by atoms with Crippen molar-refractivity contribution in [2.45, 2.75) is 0 Å². The maximum atomic E-state index is 10.1. The lowest BCUT2D eigenvalue weighted by atomic mass is 10.2. The van der Waals surface area contributed by atoms with Crippen LogP contribution in [0.1, 0.15) is 0 Å². The van der Waals surface area contributed by atoms with E-state index in [-0.39, 0.29) is 5.70 Å². The van der Waals surface area contributed by atoms with Crippen molar-refractivity contribution in [2.24, 2.45) is 5.73 Å². The summed E-state index contributed by atoms with van der Waals surface area (Å²) in [5.41, 5.74) is 5.84. The van der Waals surface area contributed by atoms with E-state index in [0.717, 1.165) is 0 Å². The molecule has 2 heteroatoms. The molecule has 0 aromatic carbocycles. The van der Waals surface area contributed by atoms with Crippen LogP contribution in [-0.2, 0) is 4.79 Å². The molecular weight excluding hydrogens is 114 g/mol. The van der Waals surface area contributed by atoms with E-state index in [4.69, 9.17) is 5.73 Å². The van der Waals surface area contributed by atoms with Gasteiger partial charge in [-0.15, -0.1) is 0 Å². The van der Waals surface area contributed by atoms with E-state index in [0.29, 0.717) is 11.9 Å². The van der Waals surface area contributed by atoms with Gasteiger partial charge in [-0.3, -0.25) is 4.79 Å². The van der Waals surface area contributed by atoms with Gasteiger partial charge in [0.15, 0.2) is 6.29 Å². The normalized spacial score (nSPS) is 10.4. The molecule has 9 heavy (non-hydrogen) atoms. The molecule has 0 aliphatic heterocycles. The first-order valence-electron chi connectivity index (χ1n) is 2.45. The maximum absolute atomic E-state index is 10.1. The van der Waals surface area contributed by atoms with E-state index in [9.17, 15) is 4.79 Å². The third kappa shape index (κ3) is 2.49. The number of aldehydes is 1. The van der Waals surface area contributed by atoms with Gasteiger partial charge < -0.3 is 5.73 Å². The van der Waals surface area contributed by atoms with E-state index in [1.807, 2.05) is 0 Å². The molecule has 2 N–H and O–H groups in total. The zero-order valence-electron chi connectivity index (χ0n) is 5.13. The Labute approximate surface area is 54.4 Å². The Kier molecular flexibility index (Phi) is 3.13. The van der Waals surface area contributed by atoms with Gasteiger partial charge in [0.05, 0.1) is 0 Å². The van der Waals surface area contributed by atoms with E-state index in [1.54, 1.807) is 0 Å². The van der Waals surface area contributed by atoms with Crippen molar-refractivity contribution in [3.63, 3.8) is 0 Å². The quantitative estimate of drug-likeness (QED) is 0.342. The third-order valence-corrected chi connectivity index (χ3v) is 0.795. The fraction of sp³-hybridized carbons (Fsp3) is 0. The molecule has 0 rings (SSSR count). The Morgan fingerprint density at radius 2 is 2.11 bits per heavy atom. The summed E-state index contributed by atoms with van der Waals surface area (Å²) in [5, 5.41) is 0. The fourth-order valence-electron chi connectivity index (χ4n) is 0.349. The average Bonchev–Trinajstić information content (AvgIpc) is 1.82. The zero-order valence-corrected chi connectivity index (χ0v) is 5.13. The topological polar surface area (TPSA) is 43.1 Å². The van der Waals surface area contributed by atoms with Crippen LogP contribution in [0, 0.1) is 0 Å². The van der Waals surface area contributed by atoms with Gasteiger partial charge in [-0.05, 0) is 0 Å². The predicted molar refractivity (Wildman–Crippen MR) is 37.7 cm³/mol. The standard InChI is InChI=1S/C7H9NO/c1-3-4-7(5-9)6(2)8/h3-5H,1-2,8H2/b7-4-. The van der Waals surface area contributed by atoms with Gasteiger partial charge in [0.2, 0.25) is 0 Å². The molecule has 0 fully saturated rings. The lowest BCUT2D eigenvalue weighted by Gasteiger charge is -1.92. The van der Waals surface area contributed by atoms with Crippen LogP contribution in [0.25, 0.3) is 0 Å². The van der Waals surface area contributed by atoms with E-state index in [2.05, 4.69) is 13.2 Å². The number of allylic oxidation sites excluding steroid dienone is 3. The van der Waals surface area contributed by atoms with Crippen LogP contribution < -0.4 is 5.73 Å². The van der Waals surface area contributed by atoms with Crippen LogP contribution in [0.4, 0.5) is 0 Å². The maximum Gasteiger partial charge on any atom is 0.152 e. The summed E-state index contributed by atoms with van der Waals surface area (Å²) in [4.78, 5) is 10.1. The van der Waals surface area contributed by atoms with Crippen molar-refractivity contribution < 1.29 is 4.79 Å². The molecule has 0 saturated heterocycles. The smallest absolute Gasteiger partial charge is 0.152 e. The molecule has 0 aromatic heterocycles. The van der Waals surface area contributed by atoms with E-state index >= 15 is 0 Å². The molecule has 0 atom stereocenters. The molecule has 0 amide bonds. The van der Waals surface area contributed by atoms with Gasteiger partial charge in [-0.25, -0.2) is 0 Å². The van der Waals surface area contributed by atoms with Crippen LogP contribution >= 0.6 is 0 Å². The van der Waals surface area contributed by atoms with Crippen molar-refractivity contribution in [3.8, 4) is 0 Å². The second-order valence-corrected chi connectivity index (χ2v) is 1.50. The molecule has 0 heterocycles. The summed E-state index contributed by atoms with van der Waals surface area (Å²) in [6.07, 6.45) is 3.64. The highest BCUT2D eigenvalue weighted by Gasteiger charge is 1.91. The van der Waals surface area contributed by atoms with E-state index in [1.165, 1.54) is 12.2 Å². The van der Waals surface area contributed by atoms with Crippen LogP contribution in [0.3, 0.4) is 0 Å². The number of carbonyl (C=O) groups excluding carboxylic acids is 1. The van der Waals surface area contributed by atoms with Crippen LogP contribution in [0.2, 0.25) is 0 Å². The fourth-order valence-corrected chi connectivity index (χ4v) is 0.349. The second kappa shape index (κ2) is 3.66. The highest BCUT2D eigenvalue weighted by atomic mass is 16.1. The molecule has 0 bridgehead atoms. The number of hydrogen-bond donors (Lipinski definition) is 1. The summed E-state index contributed by atoms with van der Waals surface area (Å²) >= 11 is 0. The molecule has 2 nitrogen and oxygen atoms in total. The summed E-state index contributed by atoms with van der Waals surface area (Å²) in [7, 11) is 0. The second-order valence-electron chi connectivity index (χ2n) is 1.50. The van der Waals surface area contributed by atoms with Gasteiger partial charge in [0, 0.05) is 11.3 Å². The Morgan fingerprint density at radius 1 is 1.56 bits per heavy atom. The van der Waals surface area contributed by atoms with Crippen molar-refractivity contribution in [2.75, 3.05) is 0 Å². The molecule has 0 unspecified atom stereocenters. The minimum atomic E-state index is 0.268. The molecule has 0 aliphatic carbocycles. The Morgan fingerprint density at radius 3 is 2.22 bits per heavy atom. The van der Waals surface area contributed by atoms with Crippen molar-refractivity contribution in [1.82, 2.24) is 0 Å². The number of carbonyl (C=O) groups is 1. The largest absolute Gasteiger partial charge is 0.399 e. The minimum absolute atomic E-state index is 0.268. The first-order valence-corrected chi connectivity index (χ1v) is 2.45. The number of rotatable bonds is 3. The zero-order chi connectivity index (χ0) is 7.28. The molecule has 0 radical (unpaired) electrons. The Hall–Kier alpha value is -1.31. The average molecular weight is 123 g/mol. The van der Waals surface area contributed by atoms with Gasteiger partial charge in [0.25, 0.3) is 0 Å². The summed E-state index contributed by atoms with van der Waals surface area (Å²) < 4.78 is 0. The highest BCUT2D eigenvalue weighted by molar-refractivity contribution is 5.79. The molecule has 0 aliphatic rings. The molecule has 0 spiro atoms. The lowest BCUT2D eigenvalue weighted by molar-refractivity contribution is -0.104. The van der Waals surface area contributed by atoms with Crippen LogP contribution in [0.5, 0.6) is 0 Å². The lowest BCUT2D eigenvalue weighted by Crippen LogP contribution is -1.99. The molecule has 48 valence electrons. The van der Waals surface area contributed by atoms with Crippen molar-refractivity contribution in [3.05, 3.63) is 36.6 Å². The van der Waals surface area contributed by atoms with E-state index < -0.39 is 0 Å². The Balaban J connectivity index is 4.32. The summed E-state index contributed by atoms with van der Waals surface area (Å²) in [6, 6.07) is 0. The first kappa shape index (κ1) is 7.69. The predicted octanol–water partition coefficient (Wildman–Crippen LogP) is 0.770. The third-order valence-electron chi connectivity index (χ3n) is 0.795. The molecular formula is C7H9NO. The molecule has 0 saturated carbocycles. The summed E-state index contributed by atoms with van der Waals surface area (Å²) in [6.45, 7) is 6.77. The molecule has 0 aromatic rings. The van der Waals surface area contributed by atoms with Crippen molar-refractivity contribution in [1.29, 1.82) is 0 Å². The van der Waals surface area contributed by atoms with Gasteiger partial charge in [-0.2, -0.15) is 0 Å². The monoisotopic (exact) mass is 123 g/mol. The first-order chi connectivity index (χ1) is 4.22. The van der Waals surface area contributed by atoms with Crippen LogP contribution in [0.15, 0.2) is 36.6 Å². The number of hydrogen-bond acceptors (Lipinski definition) is 2. The Bertz CT molecular complexity index is 168. The van der Waals surface area contributed by atoms with Gasteiger partial charge >= 0.3 is 0 Å². The van der Waals surface area contributed by atoms with Crippen LogP contribution in [-0.4, -0.2) is 6.29 Å². The number of nitrogens with two attached hydrogens (primary N) is 1. The minimum Gasteiger partial charge on any atom is -0.399 e. The SMILES string of the molecule is C=C/C=C(/C=O)C(=C)N.